The van der Waals surface area contributed by atoms with E-state index in [1.165, 1.54) is 12.1 Å². The van der Waals surface area contributed by atoms with E-state index >= 15 is 0 Å². The van der Waals surface area contributed by atoms with Crippen LogP contribution in [0.15, 0.2) is 47.4 Å². The Morgan fingerprint density at radius 3 is 2.71 bits per heavy atom. The third kappa shape index (κ3) is 3.00. The molecule has 0 aromatic heterocycles. The Balaban J connectivity index is 1.88. The van der Waals surface area contributed by atoms with Crippen LogP contribution in [0.25, 0.3) is 0 Å². The first-order chi connectivity index (χ1) is 11.4. The summed E-state index contributed by atoms with van der Waals surface area (Å²) in [5.74, 6) is -1.08. The number of fused-ring (bicyclic) bond motifs is 1. The molecular weight excluding hydrogens is 330 g/mol. The van der Waals surface area contributed by atoms with Gasteiger partial charge in [-0.3, -0.25) is 0 Å². The van der Waals surface area contributed by atoms with Crippen molar-refractivity contribution in [3.63, 3.8) is 0 Å². The number of benzene rings is 2. The quantitative estimate of drug-likeness (QED) is 0.837. The molecule has 2 aromatic carbocycles. The minimum absolute atomic E-state index is 0.0901. The first-order valence-electron chi connectivity index (χ1n) is 7.52. The lowest BCUT2D eigenvalue weighted by Crippen LogP contribution is -2.35. The van der Waals surface area contributed by atoms with E-state index in [2.05, 4.69) is 4.72 Å². The van der Waals surface area contributed by atoms with Crippen LogP contribution in [0.2, 0.25) is 0 Å². The van der Waals surface area contributed by atoms with Crippen molar-refractivity contribution in [3.05, 3.63) is 59.2 Å². The van der Waals surface area contributed by atoms with Crippen LogP contribution in [-0.2, 0) is 16.4 Å². The Bertz CT molecular complexity index is 892. The zero-order valence-corrected chi connectivity index (χ0v) is 13.8. The smallest absolute Gasteiger partial charge is 0.339 e. The van der Waals surface area contributed by atoms with Crippen molar-refractivity contribution < 1.29 is 23.1 Å². The summed E-state index contributed by atoms with van der Waals surface area (Å²) in [6.45, 7) is 2.02. The molecular formula is C17H17NO5S. The fourth-order valence-corrected chi connectivity index (χ4v) is 3.99. The number of ether oxygens (including phenoxy) is 1. The molecule has 1 unspecified atom stereocenters. The molecule has 6 nitrogen and oxygen atoms in total. The maximum Gasteiger partial charge on any atom is 0.339 e. The van der Waals surface area contributed by atoms with E-state index in [1.807, 2.05) is 24.3 Å². The highest BCUT2D eigenvalue weighted by Crippen LogP contribution is 2.34. The highest BCUT2D eigenvalue weighted by Gasteiger charge is 2.30. The van der Waals surface area contributed by atoms with Gasteiger partial charge in [-0.25, -0.2) is 17.9 Å². The highest BCUT2D eigenvalue weighted by atomic mass is 32.2. The number of carbonyl (C=O) groups is 1. The van der Waals surface area contributed by atoms with E-state index < -0.39 is 16.0 Å². The van der Waals surface area contributed by atoms with Gasteiger partial charge in [-0.05, 0) is 42.7 Å². The minimum atomic E-state index is -3.82. The molecule has 0 spiro atoms. The molecule has 3 rings (SSSR count). The third-order valence-corrected chi connectivity index (χ3v) is 5.41. The van der Waals surface area contributed by atoms with Crippen molar-refractivity contribution in [2.24, 2.45) is 0 Å². The molecule has 7 heteroatoms. The van der Waals surface area contributed by atoms with Crippen molar-refractivity contribution >= 4 is 16.0 Å². The molecule has 2 N–H and O–H groups in total. The van der Waals surface area contributed by atoms with Crippen LogP contribution in [0.3, 0.4) is 0 Å². The zero-order chi connectivity index (χ0) is 17.3. The van der Waals surface area contributed by atoms with Crippen LogP contribution in [0.5, 0.6) is 5.75 Å². The van der Waals surface area contributed by atoms with E-state index in [1.54, 1.807) is 6.92 Å². The van der Waals surface area contributed by atoms with Gasteiger partial charge in [0.15, 0.2) is 0 Å². The summed E-state index contributed by atoms with van der Waals surface area (Å²) in [5.41, 5.74) is 1.89. The largest absolute Gasteiger partial charge is 0.493 e. The van der Waals surface area contributed by atoms with E-state index in [4.69, 9.17) is 4.74 Å². The Hall–Kier alpha value is -2.38. The SMILES string of the molecule is CCOc1ccc(S(=O)(=O)NC2Cc3ccccc32)cc1C(=O)O. The first-order valence-corrected chi connectivity index (χ1v) is 9.01. The number of carboxylic acid groups (broad SMARTS) is 1. The van der Waals surface area contributed by atoms with Crippen molar-refractivity contribution in [2.45, 2.75) is 24.3 Å². The Morgan fingerprint density at radius 2 is 2.04 bits per heavy atom. The van der Waals surface area contributed by atoms with E-state index in [9.17, 15) is 18.3 Å². The van der Waals surface area contributed by atoms with Crippen LogP contribution in [0.4, 0.5) is 0 Å². The fraction of sp³-hybridized carbons (Fsp3) is 0.235. The second-order valence-electron chi connectivity index (χ2n) is 5.47. The molecule has 1 aliphatic rings. The molecule has 0 saturated carbocycles. The molecule has 0 amide bonds. The predicted octanol–water partition coefficient (Wildman–Crippen LogP) is 2.36. The van der Waals surface area contributed by atoms with Gasteiger partial charge in [-0.2, -0.15) is 0 Å². The average Bonchev–Trinajstić information content (AvgIpc) is 2.53. The van der Waals surface area contributed by atoms with Gasteiger partial charge in [-0.1, -0.05) is 24.3 Å². The standard InChI is InChI=1S/C17H17NO5S/c1-2-23-16-8-7-12(10-14(16)17(19)20)24(21,22)18-15-9-11-5-3-4-6-13(11)15/h3-8,10,15,18H,2,9H2,1H3,(H,19,20). The molecule has 0 saturated heterocycles. The van der Waals surface area contributed by atoms with Crippen molar-refractivity contribution in [2.75, 3.05) is 6.61 Å². The first kappa shape index (κ1) is 16.5. The van der Waals surface area contributed by atoms with Crippen LogP contribution < -0.4 is 9.46 Å². The summed E-state index contributed by atoms with van der Waals surface area (Å²) >= 11 is 0. The molecule has 1 atom stereocenters. The number of carboxylic acids is 1. The minimum Gasteiger partial charge on any atom is -0.493 e. The number of hydrogen-bond acceptors (Lipinski definition) is 4. The predicted molar refractivity (Wildman–Crippen MR) is 87.8 cm³/mol. The fourth-order valence-electron chi connectivity index (χ4n) is 2.74. The number of hydrogen-bond donors (Lipinski definition) is 2. The highest BCUT2D eigenvalue weighted by molar-refractivity contribution is 7.89. The number of nitrogens with one attached hydrogen (secondary N) is 1. The van der Waals surface area contributed by atoms with Gasteiger partial charge in [0, 0.05) is 0 Å². The van der Waals surface area contributed by atoms with Gasteiger partial charge >= 0.3 is 5.97 Å². The van der Waals surface area contributed by atoms with Crippen LogP contribution in [0, 0.1) is 0 Å². The summed E-state index contributed by atoms with van der Waals surface area (Å²) in [6, 6.07) is 11.2. The van der Waals surface area contributed by atoms with Crippen LogP contribution in [0.1, 0.15) is 34.5 Å². The molecule has 0 heterocycles. The van der Waals surface area contributed by atoms with Gasteiger partial charge in [0.25, 0.3) is 0 Å². The zero-order valence-electron chi connectivity index (χ0n) is 13.0. The molecule has 24 heavy (non-hydrogen) atoms. The summed E-state index contributed by atoms with van der Waals surface area (Å²) in [6.07, 6.45) is 0.623. The van der Waals surface area contributed by atoms with Crippen molar-refractivity contribution in [1.29, 1.82) is 0 Å². The van der Waals surface area contributed by atoms with Gasteiger partial charge in [0.2, 0.25) is 10.0 Å². The molecule has 2 aromatic rings. The van der Waals surface area contributed by atoms with Crippen LogP contribution >= 0.6 is 0 Å². The number of rotatable bonds is 6. The molecule has 126 valence electrons. The Labute approximate surface area is 140 Å². The molecule has 0 fully saturated rings. The maximum absolute atomic E-state index is 12.5. The van der Waals surface area contributed by atoms with Gasteiger partial charge in [0.05, 0.1) is 17.5 Å². The lowest BCUT2D eigenvalue weighted by Gasteiger charge is -2.30. The van der Waals surface area contributed by atoms with Gasteiger partial charge in [-0.15, -0.1) is 0 Å². The van der Waals surface area contributed by atoms with Gasteiger partial charge in [0.1, 0.15) is 11.3 Å². The molecule has 0 bridgehead atoms. The maximum atomic E-state index is 12.5. The Morgan fingerprint density at radius 1 is 1.29 bits per heavy atom. The molecule has 0 aliphatic heterocycles. The number of sulfonamides is 1. The third-order valence-electron chi connectivity index (χ3n) is 3.94. The second-order valence-corrected chi connectivity index (χ2v) is 7.19. The molecule has 1 aliphatic carbocycles. The second kappa shape index (κ2) is 6.26. The van der Waals surface area contributed by atoms with E-state index in [-0.39, 0.29) is 22.3 Å². The van der Waals surface area contributed by atoms with Crippen LogP contribution in [-0.4, -0.2) is 26.1 Å². The molecule has 0 radical (unpaired) electrons. The Kier molecular flexibility index (Phi) is 4.29. The summed E-state index contributed by atoms with van der Waals surface area (Å²) < 4.78 is 32.9. The number of aromatic carboxylic acids is 1. The van der Waals surface area contributed by atoms with Crippen molar-refractivity contribution in [3.8, 4) is 5.75 Å². The van der Waals surface area contributed by atoms with Gasteiger partial charge < -0.3 is 9.84 Å². The van der Waals surface area contributed by atoms with E-state index in [0.717, 1.165) is 17.2 Å². The summed E-state index contributed by atoms with van der Waals surface area (Å²) in [5, 5.41) is 9.26. The van der Waals surface area contributed by atoms with Crippen molar-refractivity contribution in [1.82, 2.24) is 4.72 Å². The lowest BCUT2D eigenvalue weighted by atomic mass is 9.84. The average molecular weight is 347 g/mol. The monoisotopic (exact) mass is 347 g/mol. The summed E-state index contributed by atoms with van der Waals surface area (Å²) in [7, 11) is -3.82. The topological polar surface area (TPSA) is 92.7 Å². The van der Waals surface area contributed by atoms with E-state index in [0.29, 0.717) is 13.0 Å². The normalized spacial score (nSPS) is 16.1. The lowest BCUT2D eigenvalue weighted by molar-refractivity contribution is 0.0692. The summed E-state index contributed by atoms with van der Waals surface area (Å²) in [4.78, 5) is 11.2.